The van der Waals surface area contributed by atoms with Crippen molar-refractivity contribution in [3.63, 3.8) is 0 Å². The van der Waals surface area contributed by atoms with Crippen molar-refractivity contribution in [3.8, 4) is 0 Å². The molecule has 0 aliphatic carbocycles. The van der Waals surface area contributed by atoms with Crippen molar-refractivity contribution >= 4 is 32.4 Å². The first kappa shape index (κ1) is 20.4. The largest absolute Gasteiger partial charge is 0.301 e. The molecule has 0 fully saturated rings. The van der Waals surface area contributed by atoms with Gasteiger partial charge < -0.3 is 4.57 Å². The molecular formula is C23H21N3O2S2. The predicted molar refractivity (Wildman–Crippen MR) is 121 cm³/mol. The standard InChI is InChI=1S/C23H21N3O2S2/c1-2-15-26-22(17-30(27,28)20-12-4-3-5-13-20)24-25-23(26)29-16-19-11-8-10-18-9-6-7-14-21(18)19/h2-14H,1,15-17H2. The van der Waals surface area contributed by atoms with Crippen LogP contribution >= 0.6 is 11.8 Å². The lowest BCUT2D eigenvalue weighted by Gasteiger charge is -2.09. The lowest BCUT2D eigenvalue weighted by Crippen LogP contribution is -2.11. The van der Waals surface area contributed by atoms with Gasteiger partial charge in [-0.15, -0.1) is 16.8 Å². The Morgan fingerprint density at radius 2 is 1.67 bits per heavy atom. The van der Waals surface area contributed by atoms with Crippen molar-refractivity contribution < 1.29 is 8.42 Å². The molecule has 0 atom stereocenters. The summed E-state index contributed by atoms with van der Waals surface area (Å²) in [7, 11) is -3.50. The van der Waals surface area contributed by atoms with Crippen LogP contribution in [0.25, 0.3) is 10.8 Å². The molecular weight excluding hydrogens is 414 g/mol. The van der Waals surface area contributed by atoms with Gasteiger partial charge in [0.15, 0.2) is 15.0 Å². The van der Waals surface area contributed by atoms with Crippen LogP contribution in [0.2, 0.25) is 0 Å². The first-order chi connectivity index (χ1) is 14.6. The molecule has 0 aliphatic heterocycles. The molecule has 4 aromatic rings. The molecule has 0 amide bonds. The van der Waals surface area contributed by atoms with E-state index in [1.807, 2.05) is 22.8 Å². The Bertz CT molecular complexity index is 1280. The highest BCUT2D eigenvalue weighted by molar-refractivity contribution is 7.98. The van der Waals surface area contributed by atoms with Crippen molar-refractivity contribution in [1.29, 1.82) is 0 Å². The zero-order valence-electron chi connectivity index (χ0n) is 16.3. The second-order valence-electron chi connectivity index (χ2n) is 6.80. The average Bonchev–Trinajstić information content (AvgIpc) is 3.14. The molecule has 30 heavy (non-hydrogen) atoms. The first-order valence-corrected chi connectivity index (χ1v) is 12.1. The van der Waals surface area contributed by atoms with Gasteiger partial charge in [-0.2, -0.15) is 0 Å². The monoisotopic (exact) mass is 435 g/mol. The van der Waals surface area contributed by atoms with Crippen molar-refractivity contribution in [2.45, 2.75) is 28.1 Å². The van der Waals surface area contributed by atoms with Gasteiger partial charge in [0, 0.05) is 12.3 Å². The summed E-state index contributed by atoms with van der Waals surface area (Å²) >= 11 is 1.54. The van der Waals surface area contributed by atoms with E-state index in [4.69, 9.17) is 0 Å². The number of nitrogens with zero attached hydrogens (tertiary/aromatic N) is 3. The smallest absolute Gasteiger partial charge is 0.191 e. The minimum atomic E-state index is -3.50. The Morgan fingerprint density at radius 3 is 2.47 bits per heavy atom. The quantitative estimate of drug-likeness (QED) is 0.291. The summed E-state index contributed by atoms with van der Waals surface area (Å²) in [6.07, 6.45) is 1.73. The van der Waals surface area contributed by atoms with E-state index in [1.54, 1.807) is 48.2 Å². The first-order valence-electron chi connectivity index (χ1n) is 9.49. The third-order valence-electron chi connectivity index (χ3n) is 4.76. The van der Waals surface area contributed by atoms with Crippen LogP contribution in [0.5, 0.6) is 0 Å². The van der Waals surface area contributed by atoms with E-state index in [0.29, 0.717) is 23.3 Å². The summed E-state index contributed by atoms with van der Waals surface area (Å²) in [4.78, 5) is 0.281. The number of aromatic nitrogens is 3. The van der Waals surface area contributed by atoms with E-state index >= 15 is 0 Å². The topological polar surface area (TPSA) is 64.8 Å². The van der Waals surface area contributed by atoms with Gasteiger partial charge in [-0.05, 0) is 28.5 Å². The van der Waals surface area contributed by atoms with Crippen molar-refractivity contribution in [2.24, 2.45) is 0 Å². The van der Waals surface area contributed by atoms with Gasteiger partial charge in [0.25, 0.3) is 0 Å². The molecule has 0 unspecified atom stereocenters. The maximum absolute atomic E-state index is 12.8. The summed E-state index contributed by atoms with van der Waals surface area (Å²) in [5.41, 5.74) is 1.20. The minimum absolute atomic E-state index is 0.202. The average molecular weight is 436 g/mol. The van der Waals surface area contributed by atoms with Gasteiger partial charge >= 0.3 is 0 Å². The highest BCUT2D eigenvalue weighted by Gasteiger charge is 2.21. The van der Waals surface area contributed by atoms with Crippen LogP contribution in [-0.2, 0) is 27.9 Å². The number of hydrogen-bond donors (Lipinski definition) is 0. The van der Waals surface area contributed by atoms with Gasteiger partial charge in [-0.25, -0.2) is 8.42 Å². The molecule has 0 aliphatic rings. The third kappa shape index (κ3) is 4.32. The molecule has 1 aromatic heterocycles. The minimum Gasteiger partial charge on any atom is -0.301 e. The molecule has 0 N–H and O–H groups in total. The van der Waals surface area contributed by atoms with Gasteiger partial charge in [0.05, 0.1) is 4.90 Å². The molecule has 5 nitrogen and oxygen atoms in total. The van der Waals surface area contributed by atoms with Crippen molar-refractivity contribution in [2.75, 3.05) is 0 Å². The van der Waals surface area contributed by atoms with E-state index in [9.17, 15) is 8.42 Å². The summed E-state index contributed by atoms with van der Waals surface area (Å²) in [6, 6.07) is 22.9. The summed E-state index contributed by atoms with van der Waals surface area (Å²) in [5.74, 6) is 0.925. The van der Waals surface area contributed by atoms with Crippen LogP contribution < -0.4 is 0 Å². The number of thioether (sulfide) groups is 1. The lowest BCUT2D eigenvalue weighted by atomic mass is 10.1. The summed E-state index contributed by atoms with van der Waals surface area (Å²) < 4.78 is 27.4. The van der Waals surface area contributed by atoms with E-state index < -0.39 is 9.84 Å². The van der Waals surface area contributed by atoms with E-state index in [1.165, 1.54) is 16.3 Å². The molecule has 1 heterocycles. The molecule has 152 valence electrons. The maximum atomic E-state index is 12.8. The number of fused-ring (bicyclic) bond motifs is 1. The predicted octanol–water partition coefficient (Wildman–Crippen LogP) is 4.88. The molecule has 3 aromatic carbocycles. The second kappa shape index (κ2) is 8.85. The summed E-state index contributed by atoms with van der Waals surface area (Å²) in [6.45, 7) is 4.25. The van der Waals surface area contributed by atoms with Crippen LogP contribution in [0.3, 0.4) is 0 Å². The van der Waals surface area contributed by atoms with Crippen LogP contribution in [-0.4, -0.2) is 23.2 Å². The fourth-order valence-corrected chi connectivity index (χ4v) is 5.55. The second-order valence-corrected chi connectivity index (χ2v) is 9.73. The number of sulfone groups is 1. The van der Waals surface area contributed by atoms with Gasteiger partial charge in [0.2, 0.25) is 0 Å². The van der Waals surface area contributed by atoms with Crippen LogP contribution in [0.1, 0.15) is 11.4 Å². The molecule has 7 heteroatoms. The number of rotatable bonds is 8. The van der Waals surface area contributed by atoms with E-state index in [0.717, 1.165) is 0 Å². The molecule has 0 radical (unpaired) electrons. The fourth-order valence-electron chi connectivity index (χ4n) is 3.29. The molecule has 0 spiro atoms. The number of allylic oxidation sites excluding steroid dienone is 1. The van der Waals surface area contributed by atoms with Gasteiger partial charge in [-0.1, -0.05) is 78.5 Å². The van der Waals surface area contributed by atoms with Crippen molar-refractivity contribution in [3.05, 3.63) is 96.8 Å². The lowest BCUT2D eigenvalue weighted by molar-refractivity contribution is 0.590. The zero-order valence-corrected chi connectivity index (χ0v) is 17.9. The van der Waals surface area contributed by atoms with Crippen LogP contribution in [0, 0.1) is 0 Å². The molecule has 0 bridgehead atoms. The molecule has 4 rings (SSSR count). The third-order valence-corrected chi connectivity index (χ3v) is 7.41. The Labute approximate surface area is 180 Å². The van der Waals surface area contributed by atoms with Crippen LogP contribution in [0.4, 0.5) is 0 Å². The Balaban J connectivity index is 1.59. The molecule has 0 saturated heterocycles. The molecule has 0 saturated carbocycles. The highest BCUT2D eigenvalue weighted by Crippen LogP contribution is 2.27. The Morgan fingerprint density at radius 1 is 0.933 bits per heavy atom. The van der Waals surface area contributed by atoms with E-state index in [2.05, 4.69) is 41.0 Å². The highest BCUT2D eigenvalue weighted by atomic mass is 32.2. The Kier molecular flexibility index (Phi) is 6.01. The van der Waals surface area contributed by atoms with Gasteiger partial charge in [-0.3, -0.25) is 0 Å². The van der Waals surface area contributed by atoms with Crippen LogP contribution in [0.15, 0.2) is 95.5 Å². The fraction of sp³-hybridized carbons (Fsp3) is 0.130. The number of benzene rings is 3. The zero-order chi connectivity index (χ0) is 21.0. The SMILES string of the molecule is C=CCn1c(CS(=O)(=O)c2ccccc2)nnc1SCc1cccc2ccccc12. The maximum Gasteiger partial charge on any atom is 0.191 e. The summed E-state index contributed by atoms with van der Waals surface area (Å²) in [5, 5.41) is 11.5. The van der Waals surface area contributed by atoms with E-state index in [-0.39, 0.29) is 10.6 Å². The normalized spacial score (nSPS) is 11.6. The number of hydrogen-bond acceptors (Lipinski definition) is 5. The Hall–Kier alpha value is -2.90. The van der Waals surface area contributed by atoms with Crippen molar-refractivity contribution in [1.82, 2.24) is 14.8 Å². The van der Waals surface area contributed by atoms with Gasteiger partial charge in [0.1, 0.15) is 11.6 Å².